The molecule has 7 heteroatoms. The van der Waals surface area contributed by atoms with E-state index in [1.165, 1.54) is 4.90 Å². The molecule has 0 aliphatic carbocycles. The van der Waals surface area contributed by atoms with Crippen LogP contribution in [0.1, 0.15) is 43.1 Å². The zero-order valence-electron chi connectivity index (χ0n) is 19.4. The highest BCUT2D eigenvalue weighted by atomic mass is 16.5. The molecule has 3 amide bonds. The topological polar surface area (TPSA) is 77.7 Å². The minimum Gasteiger partial charge on any atom is -0.494 e. The number of hydrogen-bond donors (Lipinski definition) is 2. The Balaban J connectivity index is 1.67. The molecule has 1 fully saturated rings. The molecule has 1 aromatic heterocycles. The van der Waals surface area contributed by atoms with E-state index in [1.54, 1.807) is 4.90 Å². The Bertz CT molecular complexity index is 1200. The lowest BCUT2D eigenvalue weighted by Gasteiger charge is -2.42. The third-order valence-electron chi connectivity index (χ3n) is 6.87. The zero-order chi connectivity index (χ0) is 23.2. The molecule has 2 aromatic carbocycles. The van der Waals surface area contributed by atoms with Crippen molar-refractivity contribution in [3.8, 4) is 5.75 Å². The number of ether oxygens (including phenoxy) is 1. The Morgan fingerprint density at radius 2 is 1.97 bits per heavy atom. The lowest BCUT2D eigenvalue weighted by molar-refractivity contribution is -0.133. The highest BCUT2D eigenvalue weighted by molar-refractivity contribution is 6.08. The molecular weight excluding hydrogens is 416 g/mol. The molecule has 5 rings (SSSR count). The number of H-pyrrole nitrogens is 1. The van der Waals surface area contributed by atoms with E-state index in [1.807, 2.05) is 69.4 Å². The van der Waals surface area contributed by atoms with Gasteiger partial charge in [-0.2, -0.15) is 0 Å². The van der Waals surface area contributed by atoms with Crippen molar-refractivity contribution < 1.29 is 14.3 Å². The number of aromatic amines is 1. The summed E-state index contributed by atoms with van der Waals surface area (Å²) >= 11 is 0. The Labute approximate surface area is 193 Å². The first-order valence-electron chi connectivity index (χ1n) is 11.6. The predicted molar refractivity (Wildman–Crippen MR) is 127 cm³/mol. The summed E-state index contributed by atoms with van der Waals surface area (Å²) < 4.78 is 5.75. The SMILES string of the molecule is CCOc1ccc2[nH]c3c(c2c1)C[C@@]1(C)C(=O)N(CCCNC)C(=O)N1[C@@H]3c1ccccc1. The summed E-state index contributed by atoms with van der Waals surface area (Å²) in [6.07, 6.45) is 1.19. The Morgan fingerprint density at radius 3 is 2.70 bits per heavy atom. The fourth-order valence-electron chi connectivity index (χ4n) is 5.34. The third-order valence-corrected chi connectivity index (χ3v) is 6.87. The van der Waals surface area contributed by atoms with Crippen LogP contribution in [-0.4, -0.2) is 59.0 Å². The first-order valence-corrected chi connectivity index (χ1v) is 11.6. The van der Waals surface area contributed by atoms with Gasteiger partial charge in [-0.3, -0.25) is 14.6 Å². The van der Waals surface area contributed by atoms with Crippen molar-refractivity contribution in [2.45, 2.75) is 38.3 Å². The molecule has 0 radical (unpaired) electrons. The third kappa shape index (κ3) is 3.30. The van der Waals surface area contributed by atoms with Crippen LogP contribution in [0.25, 0.3) is 10.9 Å². The van der Waals surface area contributed by atoms with Crippen LogP contribution in [0.2, 0.25) is 0 Å². The van der Waals surface area contributed by atoms with Crippen LogP contribution in [0.15, 0.2) is 48.5 Å². The van der Waals surface area contributed by atoms with Crippen LogP contribution < -0.4 is 10.1 Å². The van der Waals surface area contributed by atoms with Gasteiger partial charge in [-0.1, -0.05) is 30.3 Å². The van der Waals surface area contributed by atoms with Gasteiger partial charge < -0.3 is 15.0 Å². The first kappa shape index (κ1) is 21.5. The van der Waals surface area contributed by atoms with Gasteiger partial charge in [0.05, 0.1) is 6.61 Å². The standard InChI is InChI=1S/C26H30N4O3/c1-4-33-18-11-12-21-19(15-18)20-16-26(2)24(31)29(14-8-13-27-3)25(32)30(26)23(22(20)28-21)17-9-6-5-7-10-17/h5-7,9-12,15,23,27-28H,4,8,13-14,16H2,1-3H3/t23-,26+/m1/s1. The Hall–Kier alpha value is -3.32. The van der Waals surface area contributed by atoms with Crippen molar-refractivity contribution in [3.63, 3.8) is 0 Å². The molecule has 0 unspecified atom stereocenters. The van der Waals surface area contributed by atoms with Crippen molar-refractivity contribution in [3.05, 3.63) is 65.4 Å². The lowest BCUT2D eigenvalue weighted by Crippen LogP contribution is -2.53. The van der Waals surface area contributed by atoms with Gasteiger partial charge in [0.1, 0.15) is 17.3 Å². The second-order valence-electron chi connectivity index (χ2n) is 8.99. The minimum atomic E-state index is -0.943. The maximum Gasteiger partial charge on any atom is 0.328 e. The number of fused-ring (bicyclic) bond motifs is 4. The van der Waals surface area contributed by atoms with Crippen LogP contribution >= 0.6 is 0 Å². The average Bonchev–Trinajstić information content (AvgIpc) is 3.26. The molecule has 0 spiro atoms. The zero-order valence-corrected chi connectivity index (χ0v) is 19.4. The lowest BCUT2D eigenvalue weighted by atomic mass is 9.81. The highest BCUT2D eigenvalue weighted by Crippen LogP contribution is 2.48. The number of carbonyl (C=O) groups is 2. The highest BCUT2D eigenvalue weighted by Gasteiger charge is 2.59. The summed E-state index contributed by atoms with van der Waals surface area (Å²) in [5, 5.41) is 4.14. The van der Waals surface area contributed by atoms with E-state index in [4.69, 9.17) is 4.74 Å². The van der Waals surface area contributed by atoms with Gasteiger partial charge in [-0.25, -0.2) is 4.79 Å². The number of benzene rings is 2. The number of carbonyl (C=O) groups excluding carboxylic acids is 2. The van der Waals surface area contributed by atoms with Gasteiger partial charge in [0.25, 0.3) is 5.91 Å². The summed E-state index contributed by atoms with van der Waals surface area (Å²) in [6.45, 7) is 5.63. The van der Waals surface area contributed by atoms with E-state index in [2.05, 4.69) is 10.3 Å². The van der Waals surface area contributed by atoms with Crippen LogP contribution in [0.5, 0.6) is 5.75 Å². The molecule has 1 saturated heterocycles. The van der Waals surface area contributed by atoms with Gasteiger partial charge in [0, 0.05) is 29.6 Å². The van der Waals surface area contributed by atoms with Gasteiger partial charge in [-0.05, 0) is 63.2 Å². The summed E-state index contributed by atoms with van der Waals surface area (Å²) in [6, 6.07) is 15.4. The molecule has 3 heterocycles. The van der Waals surface area contributed by atoms with Gasteiger partial charge in [0.15, 0.2) is 0 Å². The Morgan fingerprint density at radius 1 is 1.18 bits per heavy atom. The number of rotatable bonds is 7. The normalized spacial score (nSPS) is 22.1. The van der Waals surface area contributed by atoms with Gasteiger partial charge in [0.2, 0.25) is 0 Å². The molecular formula is C26H30N4O3. The molecule has 33 heavy (non-hydrogen) atoms. The van der Waals surface area contributed by atoms with Crippen LogP contribution in [0.4, 0.5) is 4.79 Å². The van der Waals surface area contributed by atoms with Crippen molar-refractivity contribution in [2.24, 2.45) is 0 Å². The van der Waals surface area contributed by atoms with Crippen molar-refractivity contribution in [1.29, 1.82) is 0 Å². The molecule has 2 atom stereocenters. The summed E-state index contributed by atoms with van der Waals surface area (Å²) in [4.78, 5) is 34.2. The van der Waals surface area contributed by atoms with Crippen molar-refractivity contribution in [1.82, 2.24) is 20.1 Å². The maximum atomic E-state index is 13.7. The molecule has 3 aromatic rings. The second-order valence-corrected chi connectivity index (χ2v) is 8.99. The van der Waals surface area contributed by atoms with Crippen molar-refractivity contribution >= 4 is 22.8 Å². The monoisotopic (exact) mass is 446 g/mol. The number of nitrogens with one attached hydrogen (secondary N) is 2. The van der Waals surface area contributed by atoms with Crippen LogP contribution in [0, 0.1) is 0 Å². The predicted octanol–water partition coefficient (Wildman–Crippen LogP) is 3.84. The molecule has 2 aliphatic rings. The Kier molecular flexibility index (Phi) is 5.37. The van der Waals surface area contributed by atoms with E-state index in [-0.39, 0.29) is 18.0 Å². The van der Waals surface area contributed by atoms with Gasteiger partial charge in [-0.15, -0.1) is 0 Å². The van der Waals surface area contributed by atoms with E-state index in [0.717, 1.165) is 46.4 Å². The second kappa shape index (κ2) is 8.23. The van der Waals surface area contributed by atoms with E-state index >= 15 is 0 Å². The smallest absolute Gasteiger partial charge is 0.328 e. The quantitative estimate of drug-likeness (QED) is 0.427. The number of urea groups is 1. The molecule has 0 bridgehead atoms. The largest absolute Gasteiger partial charge is 0.494 e. The summed E-state index contributed by atoms with van der Waals surface area (Å²) in [5.74, 6) is 0.684. The maximum absolute atomic E-state index is 13.7. The fraction of sp³-hybridized carbons (Fsp3) is 0.385. The van der Waals surface area contributed by atoms with Crippen molar-refractivity contribution in [2.75, 3.05) is 26.7 Å². The molecule has 2 aliphatic heterocycles. The fourth-order valence-corrected chi connectivity index (χ4v) is 5.34. The number of nitrogens with zero attached hydrogens (tertiary/aromatic N) is 2. The number of imide groups is 1. The van der Waals surface area contributed by atoms with Gasteiger partial charge >= 0.3 is 6.03 Å². The van der Waals surface area contributed by atoms with Crippen LogP contribution in [-0.2, 0) is 11.2 Å². The minimum absolute atomic E-state index is 0.120. The van der Waals surface area contributed by atoms with E-state index in [0.29, 0.717) is 19.6 Å². The van der Waals surface area contributed by atoms with E-state index < -0.39 is 5.54 Å². The number of aromatic nitrogens is 1. The number of hydrogen-bond acceptors (Lipinski definition) is 4. The number of amides is 3. The average molecular weight is 447 g/mol. The van der Waals surface area contributed by atoms with E-state index in [9.17, 15) is 9.59 Å². The summed E-state index contributed by atoms with van der Waals surface area (Å²) in [7, 11) is 1.87. The first-order chi connectivity index (χ1) is 16.0. The summed E-state index contributed by atoms with van der Waals surface area (Å²) in [5.41, 5.74) is 3.08. The molecule has 172 valence electrons. The van der Waals surface area contributed by atoms with Crippen LogP contribution in [0.3, 0.4) is 0 Å². The molecule has 7 nitrogen and oxygen atoms in total. The molecule has 2 N–H and O–H groups in total. The molecule has 0 saturated carbocycles.